The zero-order chi connectivity index (χ0) is 25.3. The number of amides is 2. The van der Waals surface area contributed by atoms with Crippen molar-refractivity contribution in [2.45, 2.75) is 46.7 Å². The van der Waals surface area contributed by atoms with Crippen LogP contribution in [0.5, 0.6) is 5.75 Å². The first-order valence-electron chi connectivity index (χ1n) is 11.4. The SMILES string of the molecule is CCCNC(=O)C(C)N(Cc1cccc(C)c1)C(=O)CN(c1ccc(OCC)cc1)S(C)(=O)=O. The molecule has 1 unspecified atom stereocenters. The summed E-state index contributed by atoms with van der Waals surface area (Å²) in [5, 5.41) is 2.82. The van der Waals surface area contributed by atoms with Crippen molar-refractivity contribution in [3.63, 3.8) is 0 Å². The second-order valence-corrected chi connectivity index (χ2v) is 10.1. The molecule has 2 rings (SSSR count). The van der Waals surface area contributed by atoms with Crippen LogP contribution in [0.15, 0.2) is 48.5 Å². The van der Waals surface area contributed by atoms with Gasteiger partial charge in [0.1, 0.15) is 18.3 Å². The van der Waals surface area contributed by atoms with Gasteiger partial charge in [0.2, 0.25) is 21.8 Å². The predicted molar refractivity (Wildman–Crippen MR) is 134 cm³/mol. The molecule has 0 bridgehead atoms. The van der Waals surface area contributed by atoms with E-state index in [9.17, 15) is 18.0 Å². The van der Waals surface area contributed by atoms with Gasteiger partial charge in [0.25, 0.3) is 0 Å². The number of rotatable bonds is 12. The Hall–Kier alpha value is -3.07. The van der Waals surface area contributed by atoms with Gasteiger partial charge in [0.15, 0.2) is 0 Å². The van der Waals surface area contributed by atoms with E-state index in [-0.39, 0.29) is 12.5 Å². The van der Waals surface area contributed by atoms with E-state index in [4.69, 9.17) is 4.74 Å². The summed E-state index contributed by atoms with van der Waals surface area (Å²) >= 11 is 0. The van der Waals surface area contributed by atoms with Crippen LogP contribution in [0, 0.1) is 6.92 Å². The number of aryl methyl sites for hydroxylation is 1. The van der Waals surface area contributed by atoms with Gasteiger partial charge in [-0.3, -0.25) is 13.9 Å². The maximum absolute atomic E-state index is 13.5. The number of hydrogen-bond donors (Lipinski definition) is 1. The molecule has 186 valence electrons. The lowest BCUT2D eigenvalue weighted by Crippen LogP contribution is -2.51. The monoisotopic (exact) mass is 489 g/mol. The normalized spacial score (nSPS) is 12.0. The van der Waals surface area contributed by atoms with Crippen LogP contribution < -0.4 is 14.4 Å². The Labute approximate surface area is 202 Å². The lowest BCUT2D eigenvalue weighted by molar-refractivity contribution is -0.139. The fraction of sp³-hybridized carbons (Fsp3) is 0.440. The highest BCUT2D eigenvalue weighted by Crippen LogP contribution is 2.22. The van der Waals surface area contributed by atoms with E-state index in [1.807, 2.05) is 45.0 Å². The minimum absolute atomic E-state index is 0.183. The zero-order valence-corrected chi connectivity index (χ0v) is 21.4. The fourth-order valence-corrected chi connectivity index (χ4v) is 4.32. The van der Waals surface area contributed by atoms with Crippen molar-refractivity contribution < 1.29 is 22.7 Å². The first-order chi connectivity index (χ1) is 16.1. The highest BCUT2D eigenvalue weighted by molar-refractivity contribution is 7.92. The van der Waals surface area contributed by atoms with Crippen LogP contribution in [0.2, 0.25) is 0 Å². The molecule has 2 aromatic rings. The van der Waals surface area contributed by atoms with Crippen molar-refractivity contribution in [3.8, 4) is 5.75 Å². The molecule has 0 saturated carbocycles. The number of sulfonamides is 1. The number of carbonyl (C=O) groups excluding carboxylic acids is 2. The Morgan fingerprint density at radius 2 is 1.76 bits per heavy atom. The fourth-order valence-electron chi connectivity index (χ4n) is 3.47. The summed E-state index contributed by atoms with van der Waals surface area (Å²) in [6.45, 7) is 8.14. The molecule has 2 aromatic carbocycles. The van der Waals surface area contributed by atoms with Crippen molar-refractivity contribution in [2.75, 3.05) is 30.3 Å². The van der Waals surface area contributed by atoms with E-state index in [1.165, 1.54) is 4.90 Å². The zero-order valence-electron chi connectivity index (χ0n) is 20.6. The second-order valence-electron chi connectivity index (χ2n) is 8.17. The summed E-state index contributed by atoms with van der Waals surface area (Å²) in [6.07, 6.45) is 1.82. The van der Waals surface area contributed by atoms with Gasteiger partial charge in [-0.15, -0.1) is 0 Å². The van der Waals surface area contributed by atoms with Crippen molar-refractivity contribution in [2.24, 2.45) is 0 Å². The van der Waals surface area contributed by atoms with Crippen LogP contribution in [0.4, 0.5) is 5.69 Å². The quantitative estimate of drug-likeness (QED) is 0.494. The third-order valence-corrected chi connectivity index (χ3v) is 6.41. The maximum Gasteiger partial charge on any atom is 0.244 e. The van der Waals surface area contributed by atoms with Crippen molar-refractivity contribution in [1.82, 2.24) is 10.2 Å². The summed E-state index contributed by atoms with van der Waals surface area (Å²) in [7, 11) is -3.77. The topological polar surface area (TPSA) is 96.0 Å². The van der Waals surface area contributed by atoms with Gasteiger partial charge in [-0.1, -0.05) is 36.8 Å². The van der Waals surface area contributed by atoms with Gasteiger partial charge >= 0.3 is 0 Å². The van der Waals surface area contributed by atoms with E-state index in [2.05, 4.69) is 5.32 Å². The van der Waals surface area contributed by atoms with Gasteiger partial charge in [-0.2, -0.15) is 0 Å². The Balaban J connectivity index is 2.35. The molecule has 1 N–H and O–H groups in total. The van der Waals surface area contributed by atoms with Crippen molar-refractivity contribution in [3.05, 3.63) is 59.7 Å². The molecule has 0 heterocycles. The Bertz CT molecular complexity index is 1070. The number of hydrogen-bond acceptors (Lipinski definition) is 5. The van der Waals surface area contributed by atoms with Crippen LogP contribution in [-0.4, -0.2) is 57.1 Å². The molecule has 0 aliphatic carbocycles. The van der Waals surface area contributed by atoms with Crippen LogP contribution in [-0.2, 0) is 26.2 Å². The van der Waals surface area contributed by atoms with Gasteiger partial charge in [0, 0.05) is 13.1 Å². The average molecular weight is 490 g/mol. The van der Waals surface area contributed by atoms with E-state index in [0.29, 0.717) is 24.6 Å². The highest BCUT2D eigenvalue weighted by atomic mass is 32.2. The summed E-state index contributed by atoms with van der Waals surface area (Å²) < 4.78 is 31.7. The van der Waals surface area contributed by atoms with Gasteiger partial charge in [-0.05, 0) is 57.0 Å². The molecular weight excluding hydrogens is 454 g/mol. The number of nitrogens with one attached hydrogen (secondary N) is 1. The standard InChI is InChI=1S/C25H35N3O5S/c1-6-15-26-25(30)20(4)27(17-21-10-8-9-19(3)16-21)24(29)18-28(34(5,31)32)22-11-13-23(14-12-22)33-7-2/h8-14,16,20H,6-7,15,17-18H2,1-5H3,(H,26,30). The van der Waals surface area contributed by atoms with Crippen LogP contribution in [0.1, 0.15) is 38.3 Å². The second kappa shape index (κ2) is 12.4. The first-order valence-corrected chi connectivity index (χ1v) is 13.2. The molecule has 2 amide bonds. The number of nitrogens with zero attached hydrogens (tertiary/aromatic N) is 2. The molecule has 0 aromatic heterocycles. The number of benzene rings is 2. The highest BCUT2D eigenvalue weighted by Gasteiger charge is 2.30. The lowest BCUT2D eigenvalue weighted by Gasteiger charge is -2.31. The van der Waals surface area contributed by atoms with Crippen molar-refractivity contribution in [1.29, 1.82) is 0 Å². The van der Waals surface area contributed by atoms with Crippen LogP contribution in [0.3, 0.4) is 0 Å². The predicted octanol–water partition coefficient (Wildman–Crippen LogP) is 3.10. The molecule has 0 radical (unpaired) electrons. The van der Waals surface area contributed by atoms with E-state index < -0.39 is 28.5 Å². The molecular formula is C25H35N3O5S. The molecule has 8 nitrogen and oxygen atoms in total. The third-order valence-electron chi connectivity index (χ3n) is 5.27. The van der Waals surface area contributed by atoms with E-state index in [0.717, 1.165) is 28.1 Å². The molecule has 0 aliphatic heterocycles. The summed E-state index contributed by atoms with van der Waals surface area (Å²) in [6, 6.07) is 13.4. The minimum atomic E-state index is -3.77. The molecule has 1 atom stereocenters. The number of anilines is 1. The third kappa shape index (κ3) is 7.76. The van der Waals surface area contributed by atoms with Gasteiger partial charge in [-0.25, -0.2) is 8.42 Å². The molecule has 9 heteroatoms. The summed E-state index contributed by atoms with van der Waals surface area (Å²) in [4.78, 5) is 27.6. The Morgan fingerprint density at radius 3 is 2.32 bits per heavy atom. The molecule has 0 fully saturated rings. The van der Waals surface area contributed by atoms with Crippen LogP contribution in [0.25, 0.3) is 0 Å². The minimum Gasteiger partial charge on any atom is -0.494 e. The molecule has 34 heavy (non-hydrogen) atoms. The lowest BCUT2D eigenvalue weighted by atomic mass is 10.1. The smallest absolute Gasteiger partial charge is 0.244 e. The number of ether oxygens (including phenoxy) is 1. The van der Waals surface area contributed by atoms with Gasteiger partial charge < -0.3 is 15.0 Å². The Morgan fingerprint density at radius 1 is 1.09 bits per heavy atom. The first kappa shape index (κ1) is 27.2. The van der Waals surface area contributed by atoms with Crippen molar-refractivity contribution >= 4 is 27.5 Å². The molecule has 0 aliphatic rings. The largest absolute Gasteiger partial charge is 0.494 e. The Kier molecular flexibility index (Phi) is 9.92. The van der Waals surface area contributed by atoms with Crippen LogP contribution >= 0.6 is 0 Å². The van der Waals surface area contributed by atoms with Gasteiger partial charge in [0.05, 0.1) is 18.6 Å². The average Bonchev–Trinajstić information content (AvgIpc) is 2.79. The van der Waals surface area contributed by atoms with E-state index in [1.54, 1.807) is 31.2 Å². The molecule has 0 spiro atoms. The maximum atomic E-state index is 13.5. The van der Waals surface area contributed by atoms with E-state index >= 15 is 0 Å². The summed E-state index contributed by atoms with van der Waals surface area (Å²) in [5.41, 5.74) is 2.23. The number of carbonyl (C=O) groups is 2. The molecule has 0 saturated heterocycles. The summed E-state index contributed by atoms with van der Waals surface area (Å²) in [5.74, 6) is -0.150.